The summed E-state index contributed by atoms with van der Waals surface area (Å²) in [5.41, 5.74) is -1.17. The van der Waals surface area contributed by atoms with E-state index < -0.39 is 29.5 Å². The maximum atomic E-state index is 12.0. The molecule has 1 saturated heterocycles. The van der Waals surface area contributed by atoms with Crippen molar-refractivity contribution >= 4 is 23.9 Å². The van der Waals surface area contributed by atoms with Crippen LogP contribution in [0.5, 0.6) is 0 Å². The van der Waals surface area contributed by atoms with Crippen molar-refractivity contribution in [3.63, 3.8) is 0 Å². The molecule has 0 radical (unpaired) electrons. The summed E-state index contributed by atoms with van der Waals surface area (Å²) in [6.45, 7) is 3.35. The first-order chi connectivity index (χ1) is 12.7. The van der Waals surface area contributed by atoms with Crippen LogP contribution in [0.2, 0.25) is 0 Å². The fourth-order valence-corrected chi connectivity index (χ4v) is 2.59. The van der Waals surface area contributed by atoms with E-state index >= 15 is 0 Å². The van der Waals surface area contributed by atoms with Gasteiger partial charge in [-0.05, 0) is 32.9 Å². The number of hydrogen-bond donors (Lipinski definition) is 1. The molecule has 0 saturated carbocycles. The Morgan fingerprint density at radius 1 is 0.963 bits per heavy atom. The minimum Gasteiger partial charge on any atom is -0.478 e. The van der Waals surface area contributed by atoms with Crippen LogP contribution in [0, 0.1) is 0 Å². The number of rotatable bonds is 9. The van der Waals surface area contributed by atoms with E-state index in [-0.39, 0.29) is 6.61 Å². The first kappa shape index (κ1) is 22.4. The lowest BCUT2D eigenvalue weighted by atomic mass is 10.0. The van der Waals surface area contributed by atoms with Crippen LogP contribution >= 0.6 is 0 Å². The van der Waals surface area contributed by atoms with E-state index in [4.69, 9.17) is 14.6 Å². The van der Waals surface area contributed by atoms with Gasteiger partial charge >= 0.3 is 23.9 Å². The van der Waals surface area contributed by atoms with Crippen LogP contribution in [0.1, 0.15) is 26.2 Å². The first-order valence-electron chi connectivity index (χ1n) is 8.53. The van der Waals surface area contributed by atoms with E-state index in [0.717, 1.165) is 50.6 Å². The number of carboxylic acid groups (broad SMARTS) is 1. The van der Waals surface area contributed by atoms with Crippen molar-refractivity contribution < 1.29 is 38.5 Å². The first-order valence-corrected chi connectivity index (χ1v) is 8.53. The zero-order valence-electron chi connectivity index (χ0n) is 15.5. The molecule has 9 heteroatoms. The van der Waals surface area contributed by atoms with E-state index in [1.165, 1.54) is 7.11 Å². The van der Waals surface area contributed by atoms with Crippen LogP contribution in [-0.2, 0) is 33.4 Å². The zero-order valence-corrected chi connectivity index (χ0v) is 15.5. The molecular formula is C18H25NO8. The zero-order chi connectivity index (χ0) is 20.3. The third-order valence-corrected chi connectivity index (χ3v) is 3.79. The van der Waals surface area contributed by atoms with Crippen molar-refractivity contribution in [3.05, 3.63) is 24.3 Å². The minimum atomic E-state index is -1.28. The van der Waals surface area contributed by atoms with Gasteiger partial charge in [-0.2, -0.15) is 0 Å². The van der Waals surface area contributed by atoms with Crippen molar-refractivity contribution in [2.75, 3.05) is 33.4 Å². The molecular weight excluding hydrogens is 358 g/mol. The summed E-state index contributed by atoms with van der Waals surface area (Å²) in [5.74, 6) is -3.61. The average molecular weight is 383 g/mol. The van der Waals surface area contributed by atoms with Crippen LogP contribution in [0.15, 0.2) is 24.3 Å². The Hall–Kier alpha value is -2.68. The molecule has 0 bridgehead atoms. The van der Waals surface area contributed by atoms with Gasteiger partial charge in [0.05, 0.1) is 7.11 Å². The number of hydrogen-bond acceptors (Lipinski definition) is 8. The molecule has 0 aromatic carbocycles. The van der Waals surface area contributed by atoms with Crippen molar-refractivity contribution in [1.82, 2.24) is 4.90 Å². The Labute approximate surface area is 157 Å². The molecule has 0 spiro atoms. The van der Waals surface area contributed by atoms with Crippen molar-refractivity contribution in [1.29, 1.82) is 0 Å². The predicted octanol–water partition coefficient (Wildman–Crippen LogP) is 0.687. The molecule has 0 unspecified atom stereocenters. The predicted molar refractivity (Wildman–Crippen MR) is 93.7 cm³/mol. The van der Waals surface area contributed by atoms with Gasteiger partial charge in [-0.25, -0.2) is 19.2 Å². The van der Waals surface area contributed by atoms with Crippen molar-refractivity contribution in [2.24, 2.45) is 0 Å². The lowest BCUT2D eigenvalue weighted by Gasteiger charge is -2.36. The summed E-state index contributed by atoms with van der Waals surface area (Å²) in [7, 11) is 1.18. The van der Waals surface area contributed by atoms with Crippen LogP contribution in [0.25, 0.3) is 0 Å². The van der Waals surface area contributed by atoms with Crippen LogP contribution in [-0.4, -0.2) is 72.8 Å². The highest BCUT2D eigenvalue weighted by molar-refractivity contribution is 5.92. The summed E-state index contributed by atoms with van der Waals surface area (Å²) in [6, 6.07) is 0. The molecule has 1 atom stereocenters. The highest BCUT2D eigenvalue weighted by Crippen LogP contribution is 2.18. The molecule has 0 aliphatic carbocycles. The maximum Gasteiger partial charge on any atom is 0.331 e. The molecule has 1 aliphatic heterocycles. The Morgan fingerprint density at radius 3 is 2.15 bits per heavy atom. The van der Waals surface area contributed by atoms with Crippen LogP contribution < -0.4 is 0 Å². The third-order valence-electron chi connectivity index (χ3n) is 3.79. The number of methoxy groups -OCH3 is 1. The van der Waals surface area contributed by atoms with Crippen molar-refractivity contribution in [2.45, 2.75) is 31.8 Å². The minimum absolute atomic E-state index is 0.260. The van der Waals surface area contributed by atoms with E-state index in [2.05, 4.69) is 9.64 Å². The molecule has 9 nitrogen and oxygen atoms in total. The number of ether oxygens (including phenoxy) is 3. The van der Waals surface area contributed by atoms with Gasteiger partial charge < -0.3 is 19.3 Å². The summed E-state index contributed by atoms with van der Waals surface area (Å²) < 4.78 is 14.9. The monoisotopic (exact) mass is 383 g/mol. The highest BCUT2D eigenvalue weighted by atomic mass is 16.6. The van der Waals surface area contributed by atoms with Crippen molar-refractivity contribution in [3.8, 4) is 0 Å². The number of carboxylic acids is 1. The Kier molecular flexibility index (Phi) is 9.21. The second-order valence-electron chi connectivity index (χ2n) is 6.34. The van der Waals surface area contributed by atoms with Gasteiger partial charge in [-0.15, -0.1) is 0 Å². The lowest BCUT2D eigenvalue weighted by molar-refractivity contribution is -0.167. The lowest BCUT2D eigenvalue weighted by Crippen LogP contribution is -2.49. The second-order valence-corrected chi connectivity index (χ2v) is 6.34. The fourth-order valence-electron chi connectivity index (χ4n) is 2.59. The standard InChI is InChI=1S/C18H25NO8/c1-18(12-19-10-4-3-5-11-19,13-26-16(23)7-6-14(20)21)27-17(24)9-8-15(22)25-2/h6-9H,3-5,10-13H2,1-2H3,(H,20,21)/b7-6+,9-8+/t18-/m1/s1. The molecule has 1 heterocycles. The van der Waals surface area contributed by atoms with Gasteiger partial charge in [0.25, 0.3) is 0 Å². The molecule has 1 fully saturated rings. The van der Waals surface area contributed by atoms with Crippen LogP contribution in [0.4, 0.5) is 0 Å². The highest BCUT2D eigenvalue weighted by Gasteiger charge is 2.33. The second kappa shape index (κ2) is 11.1. The summed E-state index contributed by atoms with van der Waals surface area (Å²) in [6.07, 6.45) is 6.49. The maximum absolute atomic E-state index is 12.0. The smallest absolute Gasteiger partial charge is 0.331 e. The van der Waals surface area contributed by atoms with Gasteiger partial charge in [0, 0.05) is 30.8 Å². The van der Waals surface area contributed by atoms with E-state index in [0.29, 0.717) is 12.6 Å². The molecule has 1 rings (SSSR count). The summed E-state index contributed by atoms with van der Waals surface area (Å²) >= 11 is 0. The number of esters is 3. The quantitative estimate of drug-likeness (QED) is 0.348. The number of nitrogens with zero attached hydrogens (tertiary/aromatic N) is 1. The molecule has 0 aromatic rings. The van der Waals surface area contributed by atoms with E-state index in [1.807, 2.05) is 0 Å². The Morgan fingerprint density at radius 2 is 1.56 bits per heavy atom. The molecule has 0 amide bonds. The number of carbonyl (C=O) groups is 4. The number of aliphatic carboxylic acids is 1. The molecule has 1 N–H and O–H groups in total. The summed E-state index contributed by atoms with van der Waals surface area (Å²) in [5, 5.41) is 8.53. The average Bonchev–Trinajstić information content (AvgIpc) is 2.63. The van der Waals surface area contributed by atoms with E-state index in [1.54, 1.807) is 6.92 Å². The van der Waals surface area contributed by atoms with Gasteiger partial charge in [0.1, 0.15) is 6.61 Å². The largest absolute Gasteiger partial charge is 0.478 e. The van der Waals surface area contributed by atoms with Gasteiger partial charge in [-0.1, -0.05) is 6.42 Å². The molecule has 1 aliphatic rings. The SMILES string of the molecule is COC(=O)/C=C/C(=O)O[C@@](C)(COC(=O)/C=C/C(=O)O)CN1CCCCC1. The molecule has 27 heavy (non-hydrogen) atoms. The Bertz CT molecular complexity index is 606. The van der Waals surface area contributed by atoms with E-state index in [9.17, 15) is 19.2 Å². The topological polar surface area (TPSA) is 119 Å². The fraction of sp³-hybridized carbons (Fsp3) is 0.556. The Balaban J connectivity index is 2.76. The molecule has 0 aromatic heterocycles. The van der Waals surface area contributed by atoms with Gasteiger partial charge in [0.2, 0.25) is 0 Å². The van der Waals surface area contributed by atoms with Crippen LogP contribution in [0.3, 0.4) is 0 Å². The third kappa shape index (κ3) is 9.55. The van der Waals surface area contributed by atoms with Gasteiger partial charge in [-0.3, -0.25) is 4.90 Å². The van der Waals surface area contributed by atoms with Gasteiger partial charge in [0.15, 0.2) is 5.60 Å². The summed E-state index contributed by atoms with van der Waals surface area (Å²) in [4.78, 5) is 47.3. The number of carbonyl (C=O) groups excluding carboxylic acids is 3. The number of piperidine rings is 1. The molecule has 150 valence electrons. The normalized spacial score (nSPS) is 17.4. The number of likely N-dealkylation sites (tertiary alicyclic amines) is 1.